The molecule has 0 spiro atoms. The molecule has 8 aliphatic heterocycles. The molecule has 0 aromatic carbocycles. The normalized spacial score (nSPS) is 43.0. The number of aliphatic hydroxyl groups is 26. The van der Waals surface area contributed by atoms with Gasteiger partial charge in [-0.2, -0.15) is 0 Å². The first-order valence-electron chi connectivity index (χ1n) is 38.4. The standard InChI is InChI=1S/C67H109N5O52/c1-17-38(91)45(98)47(100)59(111-17)118-52-37(69-19(3)83)58(113-24(8-74)40(52)93)119-56-41(94)25(9-75)114-61(49(56)102)116-50-28(12-78)115-60(48(101)46(50)99)117-51-36(68-18(2)82)57(103)112-29(44(51)97)16-110-65(62(104)105)4-20(84)34(71-31(89)14-80)54(122-65)42(95)26(10-76)121-67(64(108)109)6-22(86)35(72-32(90)15-81)55(124-67)43(96)27(11-77)120-66(63(106)107)5-21(85)33(70-30(88)13-79)53(123-66)39(92)23(87)7-73/h17,20-29,33-61,73-81,84-87,91-103H,4-16H2,1-3H3,(H,68,82)(H,69,83)(H,70,88)(H,71,89)(H,72,90)(H,104,105)(H,106,107)(H,108,109)/t17-,20-,21-,22-,23+,24+,25+,26+,27+,28+,29+,33+,34+,35+,36+,37+,38+,39+,40-,41-,42+,43+,44-,45+,46+,47-,48+,49+,50-,51+,52+,53+,54+,55+,56-,57-,58-,59-,60-,61-,65+,66+,67+/m0/s1. The Balaban J connectivity index is 1.03. The number of hydrogen-bond donors (Lipinski definition) is 34. The zero-order valence-corrected chi connectivity index (χ0v) is 65.6. The molecule has 0 aliphatic carbocycles. The molecule has 714 valence electrons. The van der Waals surface area contributed by atoms with Gasteiger partial charge in [-0.25, -0.2) is 14.4 Å². The first kappa shape index (κ1) is 103. The second-order valence-electron chi connectivity index (χ2n) is 30.4. The highest BCUT2D eigenvalue weighted by Crippen LogP contribution is 2.43. The number of rotatable bonds is 38. The lowest BCUT2D eigenvalue weighted by molar-refractivity contribution is -0.386. The van der Waals surface area contributed by atoms with Crippen molar-refractivity contribution in [3.63, 3.8) is 0 Å². The molecule has 8 heterocycles. The molecular formula is C67H109N5O52. The van der Waals surface area contributed by atoms with E-state index in [1.165, 1.54) is 6.92 Å². The van der Waals surface area contributed by atoms with E-state index in [9.17, 15) is 186 Å². The maximum atomic E-state index is 13.7. The van der Waals surface area contributed by atoms with Crippen LogP contribution in [-0.2, 0) is 109 Å². The fraction of sp³-hybridized carbons (Fsp3) is 0.881. The van der Waals surface area contributed by atoms with Crippen LogP contribution >= 0.6 is 0 Å². The summed E-state index contributed by atoms with van der Waals surface area (Å²) in [5.41, 5.74) is 0. The highest BCUT2D eigenvalue weighted by atomic mass is 16.8. The summed E-state index contributed by atoms with van der Waals surface area (Å²) in [5, 5.41) is 329. The van der Waals surface area contributed by atoms with Crippen LogP contribution in [0.15, 0.2) is 0 Å². The summed E-state index contributed by atoms with van der Waals surface area (Å²) in [6.45, 7) is -10.7. The molecule has 124 heavy (non-hydrogen) atoms. The molecule has 0 aromatic heterocycles. The zero-order valence-electron chi connectivity index (χ0n) is 65.6. The highest BCUT2D eigenvalue weighted by Gasteiger charge is 2.65. The van der Waals surface area contributed by atoms with Gasteiger partial charge in [0.25, 0.3) is 17.4 Å². The van der Waals surface area contributed by atoms with Crippen LogP contribution in [0.2, 0.25) is 0 Å². The van der Waals surface area contributed by atoms with Crippen molar-refractivity contribution < 1.29 is 257 Å². The number of aliphatic hydroxyl groups excluding tert-OH is 26. The average Bonchev–Trinajstić information content (AvgIpc) is 0.752. The molecule has 0 saturated carbocycles. The van der Waals surface area contributed by atoms with Crippen LogP contribution in [0.25, 0.3) is 0 Å². The summed E-state index contributed by atoms with van der Waals surface area (Å²) in [5.74, 6) is -24.0. The van der Waals surface area contributed by atoms with Crippen molar-refractivity contribution in [2.24, 2.45) is 0 Å². The van der Waals surface area contributed by atoms with Gasteiger partial charge in [0.2, 0.25) is 29.5 Å². The molecule has 5 amide bonds. The monoisotopic (exact) mass is 1820 g/mol. The zero-order chi connectivity index (χ0) is 92.5. The Hall–Kier alpha value is -5.88. The summed E-state index contributed by atoms with van der Waals surface area (Å²) >= 11 is 0. The predicted octanol–water partition coefficient (Wildman–Crippen LogP) is -22.2. The van der Waals surface area contributed by atoms with E-state index >= 15 is 0 Å². The molecule has 0 aromatic rings. The molecule has 34 N–H and O–H groups in total. The Kier molecular flexibility index (Phi) is 36.9. The van der Waals surface area contributed by atoms with Crippen molar-refractivity contribution in [1.29, 1.82) is 0 Å². The van der Waals surface area contributed by atoms with Crippen molar-refractivity contribution in [3.8, 4) is 0 Å². The Labute approximate surface area is 698 Å². The Morgan fingerprint density at radius 2 is 0.734 bits per heavy atom. The lowest BCUT2D eigenvalue weighted by atomic mass is 9.86. The molecule has 57 nitrogen and oxygen atoms in total. The van der Waals surface area contributed by atoms with Gasteiger partial charge in [-0.1, -0.05) is 0 Å². The molecular weight excluding hydrogens is 1710 g/mol. The van der Waals surface area contributed by atoms with Crippen LogP contribution in [0, 0.1) is 0 Å². The number of aliphatic carboxylic acids is 3. The minimum Gasteiger partial charge on any atom is -0.477 e. The van der Waals surface area contributed by atoms with Gasteiger partial charge in [-0.05, 0) is 6.92 Å². The number of carboxylic acids is 3. The molecule has 8 aliphatic rings. The van der Waals surface area contributed by atoms with Crippen LogP contribution in [0.4, 0.5) is 0 Å². The van der Waals surface area contributed by atoms with Crippen LogP contribution in [0.5, 0.6) is 0 Å². The minimum absolute atomic E-state index is 0.864. The predicted molar refractivity (Wildman–Crippen MR) is 377 cm³/mol. The van der Waals surface area contributed by atoms with E-state index in [0.29, 0.717) is 0 Å². The summed E-state index contributed by atoms with van der Waals surface area (Å²) < 4.78 is 85.8. The van der Waals surface area contributed by atoms with Crippen molar-refractivity contribution in [1.82, 2.24) is 26.6 Å². The Morgan fingerprint density at radius 3 is 1.16 bits per heavy atom. The summed E-state index contributed by atoms with van der Waals surface area (Å²) in [6, 6.07) is -10.4. The molecule has 8 saturated heterocycles. The smallest absolute Gasteiger partial charge is 0.364 e. The topological polar surface area (TPSA) is 922 Å². The fourth-order valence-electron chi connectivity index (χ4n) is 15.4. The highest BCUT2D eigenvalue weighted by molar-refractivity contribution is 5.80. The number of amides is 5. The van der Waals surface area contributed by atoms with Gasteiger partial charge in [0, 0.05) is 33.1 Å². The second kappa shape index (κ2) is 44.2. The van der Waals surface area contributed by atoms with E-state index in [1.807, 2.05) is 16.0 Å². The van der Waals surface area contributed by atoms with Gasteiger partial charge in [-0.15, -0.1) is 0 Å². The summed E-state index contributed by atoms with van der Waals surface area (Å²) in [4.78, 5) is 104. The van der Waals surface area contributed by atoms with Gasteiger partial charge in [0.1, 0.15) is 191 Å². The van der Waals surface area contributed by atoms with E-state index in [4.69, 9.17) is 71.1 Å². The molecule has 0 bridgehead atoms. The lowest BCUT2D eigenvalue weighted by Gasteiger charge is -2.51. The van der Waals surface area contributed by atoms with Crippen LogP contribution in [-0.4, -0.2) is 524 Å². The molecule has 8 rings (SSSR count). The number of nitrogens with one attached hydrogen (secondary N) is 5. The maximum absolute atomic E-state index is 13.7. The molecule has 0 unspecified atom stereocenters. The first-order chi connectivity index (χ1) is 58.3. The van der Waals surface area contributed by atoms with Crippen molar-refractivity contribution >= 4 is 47.4 Å². The third-order valence-electron chi connectivity index (χ3n) is 21.9. The number of ether oxygens (including phenoxy) is 15. The van der Waals surface area contributed by atoms with E-state index < -0.39 is 395 Å². The summed E-state index contributed by atoms with van der Waals surface area (Å²) in [6.07, 6.45) is -83.4. The van der Waals surface area contributed by atoms with Crippen LogP contribution < -0.4 is 26.6 Å². The average molecular weight is 1820 g/mol. The van der Waals surface area contributed by atoms with Gasteiger partial charge in [0.05, 0.1) is 88.8 Å². The van der Waals surface area contributed by atoms with Gasteiger partial charge in [-0.3, -0.25) is 24.0 Å². The largest absolute Gasteiger partial charge is 0.477 e. The molecule has 43 atom stereocenters. The molecule has 8 fully saturated rings. The van der Waals surface area contributed by atoms with Crippen molar-refractivity contribution in [2.75, 3.05) is 66.1 Å². The Bertz CT molecular complexity index is 3520. The van der Waals surface area contributed by atoms with E-state index in [0.717, 1.165) is 13.8 Å². The van der Waals surface area contributed by atoms with E-state index in [2.05, 4.69) is 10.6 Å². The first-order valence-corrected chi connectivity index (χ1v) is 38.4. The fourth-order valence-corrected chi connectivity index (χ4v) is 15.4. The second-order valence-corrected chi connectivity index (χ2v) is 30.4. The number of carboxylic acid groups (broad SMARTS) is 3. The third-order valence-corrected chi connectivity index (χ3v) is 21.9. The van der Waals surface area contributed by atoms with Gasteiger partial charge >= 0.3 is 17.9 Å². The maximum Gasteiger partial charge on any atom is 0.364 e. The van der Waals surface area contributed by atoms with E-state index in [-0.39, 0.29) is 0 Å². The van der Waals surface area contributed by atoms with Crippen molar-refractivity contribution in [3.05, 3.63) is 0 Å². The van der Waals surface area contributed by atoms with Gasteiger partial charge in [0.15, 0.2) is 31.5 Å². The molecule has 0 radical (unpaired) electrons. The lowest BCUT2D eigenvalue weighted by Crippen LogP contribution is -2.72. The van der Waals surface area contributed by atoms with Gasteiger partial charge < -0.3 is 246 Å². The van der Waals surface area contributed by atoms with E-state index in [1.54, 1.807) is 0 Å². The van der Waals surface area contributed by atoms with Crippen LogP contribution in [0.3, 0.4) is 0 Å². The summed E-state index contributed by atoms with van der Waals surface area (Å²) in [7, 11) is 0. The SMILES string of the molecule is CC(=O)N[C@@H]1[C@@H](O[C@@H]2O[C@H](CO)[C@H](O[C@@H]3O[C@H](CO)[C@H](O)[C@H](O[C@@H]4O[C@H](CO)[C@H](O)[C@H](O[C@@H]5O[C@@H](C)[C@@H](O)[C@@H](O)[C@@H]5O)[C@H]4NC(C)=O)[C@H]3O)[C@H](O)[C@H]2O)[C@@H](O)[C@@H](CO[C@]2(C(=O)O)C[C@H](O)[C@@H](NC(=O)CO)[C@H]([C@H](O)[C@@H](CO)O[C@]3(C(=O)O)C[C@H](O)[C@@H](NC(=O)CO)[C@H]([C@H](O)[C@@H](CO)O[C@]4(C(=O)O)C[C@H](O)[C@@H](NC(=O)CO)[C@H]([C@H](O)[C@H](O)CO)O4)O3)O2)O[C@@H]1O. The number of carbonyl (C=O) groups excluding carboxylic acids is 5. The quantitative estimate of drug-likeness (QED) is 0.0273. The molecule has 57 heteroatoms. The number of hydrogen-bond acceptors (Lipinski definition) is 49. The third kappa shape index (κ3) is 22.7. The minimum atomic E-state index is -3.73. The number of carbonyl (C=O) groups is 8. The van der Waals surface area contributed by atoms with Crippen molar-refractivity contribution in [2.45, 2.75) is 302 Å². The Morgan fingerprint density at radius 1 is 0.371 bits per heavy atom. The van der Waals surface area contributed by atoms with Crippen LogP contribution in [0.1, 0.15) is 40.0 Å².